The monoisotopic (exact) mass is 473 g/mol. The maximum atomic E-state index is 13.7. The first-order valence-electron chi connectivity index (χ1n) is 11.1. The topological polar surface area (TPSA) is 46.1 Å². The van der Waals surface area contributed by atoms with Gasteiger partial charge in [-0.15, -0.1) is 0 Å². The van der Waals surface area contributed by atoms with Gasteiger partial charge in [-0.2, -0.15) is 13.2 Å². The number of alkyl halides is 3. The van der Waals surface area contributed by atoms with Crippen molar-refractivity contribution in [3.05, 3.63) is 96.7 Å². The summed E-state index contributed by atoms with van der Waals surface area (Å²) in [7, 11) is 1.67. The number of nitrogens with one attached hydrogen (secondary N) is 2. The van der Waals surface area contributed by atoms with E-state index in [-0.39, 0.29) is 12.5 Å². The zero-order valence-corrected chi connectivity index (χ0v) is 18.9. The number of anilines is 1. The first kappa shape index (κ1) is 22.7. The van der Waals surface area contributed by atoms with E-state index in [0.29, 0.717) is 22.6 Å². The van der Waals surface area contributed by atoms with Crippen LogP contribution in [-0.2, 0) is 11.0 Å². The molecule has 0 unspecified atom stereocenters. The van der Waals surface area contributed by atoms with Gasteiger partial charge in [0.25, 0.3) is 0 Å². The Bertz CT molecular complexity index is 1540. The Morgan fingerprint density at radius 2 is 1.57 bits per heavy atom. The molecule has 0 aliphatic carbocycles. The van der Waals surface area contributed by atoms with Gasteiger partial charge in [-0.05, 0) is 70.6 Å². The second-order valence-electron chi connectivity index (χ2n) is 8.33. The van der Waals surface area contributed by atoms with Crippen molar-refractivity contribution in [2.24, 2.45) is 0 Å². The second-order valence-corrected chi connectivity index (χ2v) is 8.33. The third-order valence-electron chi connectivity index (χ3n) is 5.95. The summed E-state index contributed by atoms with van der Waals surface area (Å²) in [5, 5.41) is 9.71. The molecule has 0 fully saturated rings. The Kier molecular flexibility index (Phi) is 5.78. The van der Waals surface area contributed by atoms with Gasteiger partial charge in [0.05, 0.1) is 17.8 Å². The lowest BCUT2D eigenvalue weighted by molar-refractivity contribution is -0.137. The smallest absolute Gasteiger partial charge is 0.325 e. The highest BCUT2D eigenvalue weighted by Gasteiger charge is 2.33. The van der Waals surface area contributed by atoms with Gasteiger partial charge in [-0.1, -0.05) is 48.5 Å². The van der Waals surface area contributed by atoms with Crippen LogP contribution in [-0.4, -0.2) is 24.1 Å². The van der Waals surface area contributed by atoms with E-state index in [4.69, 9.17) is 0 Å². The Hall–Kier alpha value is -4.10. The average Bonchev–Trinajstić information content (AvgIpc) is 3.30. The quantitative estimate of drug-likeness (QED) is 0.282. The number of carbonyl (C=O) groups is 1. The molecule has 0 aliphatic heterocycles. The van der Waals surface area contributed by atoms with Crippen LogP contribution in [0.15, 0.2) is 91.1 Å². The zero-order valence-electron chi connectivity index (χ0n) is 18.9. The summed E-state index contributed by atoms with van der Waals surface area (Å²) in [5.74, 6) is -0.204. The van der Waals surface area contributed by atoms with Gasteiger partial charge >= 0.3 is 6.18 Å². The molecule has 0 atom stereocenters. The SMILES string of the molecule is CNCC(=O)Nc1ccc(-n2cc(C(F)(F)F)cc2-c2ccc3c(ccc4ccccc43)c2)cc1. The highest BCUT2D eigenvalue weighted by atomic mass is 19.4. The van der Waals surface area contributed by atoms with Gasteiger partial charge in [0.2, 0.25) is 5.91 Å². The molecule has 0 aliphatic rings. The Morgan fingerprint density at radius 3 is 2.31 bits per heavy atom. The molecule has 1 aromatic heterocycles. The Morgan fingerprint density at radius 1 is 0.857 bits per heavy atom. The minimum Gasteiger partial charge on any atom is -0.325 e. The number of halogens is 3. The lowest BCUT2D eigenvalue weighted by atomic mass is 9.99. The van der Waals surface area contributed by atoms with Crippen LogP contribution in [0.1, 0.15) is 5.56 Å². The summed E-state index contributed by atoms with van der Waals surface area (Å²) >= 11 is 0. The predicted molar refractivity (Wildman–Crippen MR) is 134 cm³/mol. The molecule has 1 amide bonds. The Balaban J connectivity index is 1.59. The number of rotatable bonds is 5. The molecule has 1 heterocycles. The maximum absolute atomic E-state index is 13.7. The molecule has 0 radical (unpaired) electrons. The van der Waals surface area contributed by atoms with Crippen molar-refractivity contribution in [1.29, 1.82) is 0 Å². The van der Waals surface area contributed by atoms with E-state index in [0.717, 1.165) is 27.7 Å². The minimum atomic E-state index is -4.48. The van der Waals surface area contributed by atoms with E-state index < -0.39 is 11.7 Å². The number of amides is 1. The first-order valence-corrected chi connectivity index (χ1v) is 11.1. The van der Waals surface area contributed by atoms with Crippen LogP contribution in [0.4, 0.5) is 18.9 Å². The van der Waals surface area contributed by atoms with Gasteiger partial charge in [0, 0.05) is 17.6 Å². The van der Waals surface area contributed by atoms with Crippen LogP contribution in [0.3, 0.4) is 0 Å². The summed E-state index contributed by atoms with van der Waals surface area (Å²) < 4.78 is 42.5. The van der Waals surface area contributed by atoms with E-state index in [9.17, 15) is 18.0 Å². The molecular formula is C28H22F3N3O. The number of aromatic nitrogens is 1. The lowest BCUT2D eigenvalue weighted by Gasteiger charge is -2.12. The van der Waals surface area contributed by atoms with Crippen molar-refractivity contribution in [2.45, 2.75) is 6.18 Å². The molecule has 5 rings (SSSR count). The van der Waals surface area contributed by atoms with Crippen LogP contribution >= 0.6 is 0 Å². The van der Waals surface area contributed by atoms with Gasteiger partial charge < -0.3 is 15.2 Å². The van der Waals surface area contributed by atoms with Gasteiger partial charge in [-0.25, -0.2) is 0 Å². The summed E-state index contributed by atoms with van der Waals surface area (Å²) in [6, 6.07) is 25.7. The molecule has 35 heavy (non-hydrogen) atoms. The fourth-order valence-electron chi connectivity index (χ4n) is 4.30. The van der Waals surface area contributed by atoms with Gasteiger partial charge in [0.1, 0.15) is 0 Å². The van der Waals surface area contributed by atoms with Crippen LogP contribution in [0.25, 0.3) is 38.5 Å². The number of hydrogen-bond acceptors (Lipinski definition) is 2. The maximum Gasteiger partial charge on any atom is 0.417 e. The number of benzene rings is 4. The molecule has 2 N–H and O–H groups in total. The number of fused-ring (bicyclic) bond motifs is 3. The second kappa shape index (κ2) is 8.92. The van der Waals surface area contributed by atoms with Crippen molar-refractivity contribution < 1.29 is 18.0 Å². The lowest BCUT2D eigenvalue weighted by Crippen LogP contribution is -2.24. The van der Waals surface area contributed by atoms with Crippen LogP contribution in [0.5, 0.6) is 0 Å². The van der Waals surface area contributed by atoms with E-state index in [2.05, 4.69) is 10.6 Å². The fourth-order valence-corrected chi connectivity index (χ4v) is 4.30. The average molecular weight is 473 g/mol. The summed E-state index contributed by atoms with van der Waals surface area (Å²) in [5.41, 5.74) is 1.50. The Labute approximate surface area is 200 Å². The molecular weight excluding hydrogens is 451 g/mol. The van der Waals surface area contributed by atoms with Crippen molar-refractivity contribution in [3.8, 4) is 16.9 Å². The van der Waals surface area contributed by atoms with E-state index in [1.807, 2.05) is 54.6 Å². The van der Waals surface area contributed by atoms with E-state index in [1.165, 1.54) is 10.6 Å². The van der Waals surface area contributed by atoms with Crippen LogP contribution in [0, 0.1) is 0 Å². The summed E-state index contributed by atoms with van der Waals surface area (Å²) in [6.07, 6.45) is -3.37. The third-order valence-corrected chi connectivity index (χ3v) is 5.95. The molecule has 5 aromatic rings. The van der Waals surface area contributed by atoms with E-state index >= 15 is 0 Å². The number of likely N-dealkylation sites (N-methyl/N-ethyl adjacent to an activating group) is 1. The predicted octanol–water partition coefficient (Wildman–Crippen LogP) is 6.63. The van der Waals surface area contributed by atoms with E-state index in [1.54, 1.807) is 31.3 Å². The van der Waals surface area contributed by atoms with Crippen molar-refractivity contribution in [1.82, 2.24) is 9.88 Å². The molecule has 0 spiro atoms. The third kappa shape index (κ3) is 4.50. The normalized spacial score (nSPS) is 11.8. The van der Waals surface area contributed by atoms with Crippen molar-refractivity contribution in [2.75, 3.05) is 18.9 Å². The van der Waals surface area contributed by atoms with Crippen LogP contribution in [0.2, 0.25) is 0 Å². The summed E-state index contributed by atoms with van der Waals surface area (Å²) in [6.45, 7) is 0.162. The molecule has 0 bridgehead atoms. The minimum absolute atomic E-state index is 0.162. The van der Waals surface area contributed by atoms with Crippen molar-refractivity contribution in [3.63, 3.8) is 0 Å². The zero-order chi connectivity index (χ0) is 24.6. The summed E-state index contributed by atoms with van der Waals surface area (Å²) in [4.78, 5) is 11.8. The van der Waals surface area contributed by atoms with Crippen LogP contribution < -0.4 is 10.6 Å². The van der Waals surface area contributed by atoms with Gasteiger partial charge in [0.15, 0.2) is 0 Å². The molecule has 4 nitrogen and oxygen atoms in total. The molecule has 7 heteroatoms. The fraction of sp³-hybridized carbons (Fsp3) is 0.107. The largest absolute Gasteiger partial charge is 0.417 e. The highest BCUT2D eigenvalue weighted by Crippen LogP contribution is 2.37. The number of carbonyl (C=O) groups excluding carboxylic acids is 1. The number of nitrogens with zero attached hydrogens (tertiary/aromatic N) is 1. The molecule has 176 valence electrons. The highest BCUT2D eigenvalue weighted by molar-refractivity contribution is 6.08. The van der Waals surface area contributed by atoms with Gasteiger partial charge in [-0.3, -0.25) is 4.79 Å². The first-order chi connectivity index (χ1) is 16.8. The molecule has 0 saturated heterocycles. The standard InChI is InChI=1S/C28H22F3N3O/c1-32-16-27(35)33-22-9-11-23(12-10-22)34-17-21(28(29,30)31)15-26(34)20-8-13-25-19(14-20)7-6-18-4-2-3-5-24(18)25/h2-15,17,32H,16H2,1H3,(H,33,35). The number of hydrogen-bond donors (Lipinski definition) is 2. The molecule has 4 aromatic carbocycles. The molecule has 0 saturated carbocycles. The van der Waals surface area contributed by atoms with Crippen molar-refractivity contribution >= 4 is 33.1 Å².